The summed E-state index contributed by atoms with van der Waals surface area (Å²) in [7, 11) is 0. The number of rotatable bonds is 60. The largest absolute Gasteiger partial charge is 0.462 e. The maximum absolute atomic E-state index is 12.9. The van der Waals surface area contributed by atoms with Crippen LogP contribution in [0.4, 0.5) is 0 Å². The predicted molar refractivity (Wildman–Crippen MR) is 353 cm³/mol. The highest BCUT2D eigenvalue weighted by atomic mass is 16.6. The van der Waals surface area contributed by atoms with E-state index in [9.17, 15) is 14.4 Å². The Kier molecular flexibility index (Phi) is 64.3. The van der Waals surface area contributed by atoms with Crippen molar-refractivity contribution in [3.05, 3.63) is 134 Å². The van der Waals surface area contributed by atoms with E-state index in [0.29, 0.717) is 25.7 Å². The van der Waals surface area contributed by atoms with Gasteiger partial charge in [-0.15, -0.1) is 0 Å². The van der Waals surface area contributed by atoms with Crippen LogP contribution in [0.2, 0.25) is 0 Å². The molecule has 0 aliphatic heterocycles. The zero-order chi connectivity index (χ0) is 58.5. The number of esters is 3. The van der Waals surface area contributed by atoms with E-state index in [2.05, 4.69) is 154 Å². The predicted octanol–water partition coefficient (Wildman–Crippen LogP) is 23.3. The zero-order valence-corrected chi connectivity index (χ0v) is 52.8. The van der Waals surface area contributed by atoms with Gasteiger partial charge in [0.2, 0.25) is 0 Å². The first-order valence-electron chi connectivity index (χ1n) is 33.7. The van der Waals surface area contributed by atoms with Crippen molar-refractivity contribution in [2.75, 3.05) is 13.2 Å². The van der Waals surface area contributed by atoms with Crippen molar-refractivity contribution in [2.24, 2.45) is 0 Å². The molecule has 0 aromatic rings. The number of hydrogen-bond donors (Lipinski definition) is 0. The number of carbonyl (C=O) groups is 3. The van der Waals surface area contributed by atoms with E-state index in [1.807, 2.05) is 0 Å². The van der Waals surface area contributed by atoms with E-state index in [0.717, 1.165) is 122 Å². The van der Waals surface area contributed by atoms with Crippen molar-refractivity contribution >= 4 is 17.9 Å². The molecule has 0 radical (unpaired) electrons. The van der Waals surface area contributed by atoms with Gasteiger partial charge >= 0.3 is 17.9 Å². The van der Waals surface area contributed by atoms with Gasteiger partial charge in [0.05, 0.1) is 0 Å². The summed E-state index contributed by atoms with van der Waals surface area (Å²) < 4.78 is 16.9. The highest BCUT2D eigenvalue weighted by Gasteiger charge is 2.19. The summed E-state index contributed by atoms with van der Waals surface area (Å²) in [4.78, 5) is 38.4. The summed E-state index contributed by atoms with van der Waals surface area (Å²) in [6, 6.07) is 0. The Morgan fingerprint density at radius 1 is 0.259 bits per heavy atom. The second-order valence-corrected chi connectivity index (χ2v) is 22.0. The van der Waals surface area contributed by atoms with E-state index in [4.69, 9.17) is 14.2 Å². The Bertz CT molecular complexity index is 1720. The Labute approximate surface area is 500 Å². The van der Waals surface area contributed by atoms with Crippen LogP contribution in [-0.4, -0.2) is 37.2 Å². The van der Waals surface area contributed by atoms with Crippen molar-refractivity contribution in [1.29, 1.82) is 0 Å². The molecule has 6 heteroatoms. The first-order valence-corrected chi connectivity index (χ1v) is 33.7. The van der Waals surface area contributed by atoms with Gasteiger partial charge in [0.15, 0.2) is 6.10 Å². The van der Waals surface area contributed by atoms with E-state index in [1.54, 1.807) is 0 Å². The van der Waals surface area contributed by atoms with Gasteiger partial charge in [-0.3, -0.25) is 14.4 Å². The van der Waals surface area contributed by atoms with Crippen LogP contribution in [0.15, 0.2) is 134 Å². The molecule has 0 spiro atoms. The van der Waals surface area contributed by atoms with Crippen molar-refractivity contribution < 1.29 is 28.6 Å². The normalized spacial score (nSPS) is 13.0. The van der Waals surface area contributed by atoms with E-state index in [-0.39, 0.29) is 31.1 Å². The summed E-state index contributed by atoms with van der Waals surface area (Å²) in [5.41, 5.74) is 0. The highest BCUT2D eigenvalue weighted by molar-refractivity contribution is 5.71. The Balaban J connectivity index is 4.51. The standard InChI is InChI=1S/C75H124O6/c1-4-7-10-13-16-19-22-25-28-31-34-37-40-43-46-49-52-55-58-61-64-67-73(76)79-70-72(81-75(78)69-66-63-60-57-54-51-48-45-42-39-36-33-30-27-24-21-18-15-12-9-6-3)71-80-74(77)68-65-62-59-56-53-50-47-44-41-38-35-32-29-26-23-20-17-14-11-8-5-2/h7,10,16,19,23-28,32-37,42-43,45-46,52,55,72H,4-6,8-9,11-15,17-18,20-22,29-31,38-41,44,47-51,53-54,56-71H2,1-3H3/b10-7-,19-16-,26-23-,27-24-,28-25-,35-32-,36-33-,37-34-,45-42-,46-43-,55-52-. The molecule has 0 saturated heterocycles. The van der Waals surface area contributed by atoms with Gasteiger partial charge in [-0.05, 0) is 141 Å². The van der Waals surface area contributed by atoms with E-state index in [1.165, 1.54) is 135 Å². The minimum absolute atomic E-state index is 0.103. The molecule has 0 fully saturated rings. The number of unbranched alkanes of at least 4 members (excludes halogenated alkanes) is 27. The van der Waals surface area contributed by atoms with Crippen LogP contribution < -0.4 is 0 Å². The monoisotopic (exact) mass is 1120 g/mol. The van der Waals surface area contributed by atoms with Gasteiger partial charge in [-0.1, -0.05) is 276 Å². The van der Waals surface area contributed by atoms with Crippen LogP contribution in [-0.2, 0) is 28.6 Å². The lowest BCUT2D eigenvalue weighted by Gasteiger charge is -2.18. The number of allylic oxidation sites excluding steroid dienone is 22. The second-order valence-electron chi connectivity index (χ2n) is 22.0. The summed E-state index contributed by atoms with van der Waals surface area (Å²) in [6.07, 6.45) is 96.0. The third kappa shape index (κ3) is 66.2. The molecule has 0 aromatic heterocycles. The maximum Gasteiger partial charge on any atom is 0.306 e. The summed E-state index contributed by atoms with van der Waals surface area (Å²) in [6.45, 7) is 6.47. The molecule has 0 aliphatic rings. The Hall–Kier alpha value is -4.45. The van der Waals surface area contributed by atoms with Crippen LogP contribution in [0.1, 0.15) is 303 Å². The van der Waals surface area contributed by atoms with Gasteiger partial charge in [-0.25, -0.2) is 0 Å². The number of carbonyl (C=O) groups excluding carboxylic acids is 3. The van der Waals surface area contributed by atoms with Crippen molar-refractivity contribution in [1.82, 2.24) is 0 Å². The van der Waals surface area contributed by atoms with Crippen LogP contribution >= 0.6 is 0 Å². The molecule has 0 aromatic carbocycles. The van der Waals surface area contributed by atoms with Gasteiger partial charge in [0, 0.05) is 19.3 Å². The van der Waals surface area contributed by atoms with Crippen LogP contribution in [0.5, 0.6) is 0 Å². The van der Waals surface area contributed by atoms with Crippen LogP contribution in [0, 0.1) is 0 Å². The Morgan fingerprint density at radius 3 is 0.778 bits per heavy atom. The molecule has 1 unspecified atom stereocenters. The smallest absolute Gasteiger partial charge is 0.306 e. The summed E-state index contributed by atoms with van der Waals surface area (Å²) in [5.74, 6) is -0.960. The number of ether oxygens (including phenoxy) is 3. The molecular weight excluding hydrogens is 997 g/mol. The SMILES string of the molecule is CC/C=C\C/C=C\C/C=C\C/C=C\C/C=C\C/C=C\CCCCC(=O)OCC(COC(=O)CCCCCCCCCCC/C=C\C/C=C\CCCCCCC)OC(=O)CCCCCCCC/C=C\C/C=C\C/C=C\CCCCCCC. The molecule has 0 N–H and O–H groups in total. The first kappa shape index (κ1) is 76.5. The highest BCUT2D eigenvalue weighted by Crippen LogP contribution is 2.15. The number of hydrogen-bond acceptors (Lipinski definition) is 6. The lowest BCUT2D eigenvalue weighted by atomic mass is 10.1. The molecule has 1 atom stereocenters. The van der Waals surface area contributed by atoms with Gasteiger partial charge < -0.3 is 14.2 Å². The lowest BCUT2D eigenvalue weighted by Crippen LogP contribution is -2.30. The summed E-state index contributed by atoms with van der Waals surface area (Å²) >= 11 is 0. The lowest BCUT2D eigenvalue weighted by molar-refractivity contribution is -0.167. The second kappa shape index (κ2) is 68.1. The molecule has 460 valence electrons. The summed E-state index contributed by atoms with van der Waals surface area (Å²) in [5, 5.41) is 0. The van der Waals surface area contributed by atoms with E-state index >= 15 is 0 Å². The van der Waals surface area contributed by atoms with Gasteiger partial charge in [0.25, 0.3) is 0 Å². The molecule has 6 nitrogen and oxygen atoms in total. The topological polar surface area (TPSA) is 78.9 Å². The molecule has 0 aliphatic carbocycles. The minimum atomic E-state index is -0.813. The van der Waals surface area contributed by atoms with Crippen LogP contribution in [0.25, 0.3) is 0 Å². The van der Waals surface area contributed by atoms with E-state index < -0.39 is 6.10 Å². The molecular formula is C75H124O6. The molecule has 0 bridgehead atoms. The third-order valence-corrected chi connectivity index (χ3v) is 14.1. The maximum atomic E-state index is 12.9. The molecule has 81 heavy (non-hydrogen) atoms. The van der Waals surface area contributed by atoms with Crippen LogP contribution in [0.3, 0.4) is 0 Å². The average molecular weight is 1120 g/mol. The third-order valence-electron chi connectivity index (χ3n) is 14.1. The van der Waals surface area contributed by atoms with Crippen molar-refractivity contribution in [2.45, 2.75) is 309 Å². The fourth-order valence-corrected chi connectivity index (χ4v) is 9.07. The molecule has 0 heterocycles. The quantitative estimate of drug-likeness (QED) is 0.0261. The molecule has 0 saturated carbocycles. The van der Waals surface area contributed by atoms with Gasteiger partial charge in [0.1, 0.15) is 13.2 Å². The zero-order valence-electron chi connectivity index (χ0n) is 52.8. The Morgan fingerprint density at radius 2 is 0.481 bits per heavy atom. The van der Waals surface area contributed by atoms with Gasteiger partial charge in [-0.2, -0.15) is 0 Å². The minimum Gasteiger partial charge on any atom is -0.462 e. The molecule has 0 amide bonds. The average Bonchev–Trinajstić information content (AvgIpc) is 3.47. The van der Waals surface area contributed by atoms with Crippen molar-refractivity contribution in [3.63, 3.8) is 0 Å². The van der Waals surface area contributed by atoms with Crippen molar-refractivity contribution in [3.8, 4) is 0 Å². The molecule has 0 rings (SSSR count). The first-order chi connectivity index (χ1) is 40.0. The fraction of sp³-hybridized carbons (Fsp3) is 0.667. The fourth-order valence-electron chi connectivity index (χ4n) is 9.07.